The third kappa shape index (κ3) is 6.79. The van der Waals surface area contributed by atoms with Crippen molar-refractivity contribution in [3.63, 3.8) is 0 Å². The Morgan fingerprint density at radius 1 is 1.04 bits per heavy atom. The first-order valence-corrected chi connectivity index (χ1v) is 9.42. The summed E-state index contributed by atoms with van der Waals surface area (Å²) < 4.78 is 5.78. The van der Waals surface area contributed by atoms with E-state index in [4.69, 9.17) is 4.74 Å². The monoisotopic (exact) mass is 354 g/mol. The predicted octanol–water partition coefficient (Wildman–Crippen LogP) is 5.31. The van der Waals surface area contributed by atoms with Crippen molar-refractivity contribution in [2.45, 2.75) is 46.5 Å². The summed E-state index contributed by atoms with van der Waals surface area (Å²) in [5.74, 6) is 0.768. The van der Waals surface area contributed by atoms with Crippen LogP contribution in [0.2, 0.25) is 0 Å². The molecule has 0 bridgehead atoms. The number of rotatable bonds is 10. The molecular weight excluding hydrogens is 324 g/mol. The smallest absolute Gasteiger partial charge is 0.243 e. The number of carbonyl (C=O) groups excluding carboxylic acids is 1. The lowest BCUT2D eigenvalue weighted by atomic mass is 10.1. The Balaban J connectivity index is 1.79. The summed E-state index contributed by atoms with van der Waals surface area (Å²) in [4.78, 5) is 12.2. The van der Waals surface area contributed by atoms with Gasteiger partial charge in [-0.25, -0.2) is 0 Å². The van der Waals surface area contributed by atoms with Crippen molar-refractivity contribution in [3.05, 3.63) is 53.6 Å². The molecule has 4 nitrogen and oxygen atoms in total. The van der Waals surface area contributed by atoms with Gasteiger partial charge in [-0.2, -0.15) is 0 Å². The highest BCUT2D eigenvalue weighted by atomic mass is 16.5. The number of nitrogens with one attached hydrogen (secondary N) is 2. The zero-order valence-corrected chi connectivity index (χ0v) is 16.1. The molecule has 0 aromatic heterocycles. The summed E-state index contributed by atoms with van der Waals surface area (Å²) in [5.41, 5.74) is 3.99. The van der Waals surface area contributed by atoms with Crippen LogP contribution in [-0.2, 0) is 4.79 Å². The molecule has 0 unspecified atom stereocenters. The second-order valence-electron chi connectivity index (χ2n) is 6.66. The molecule has 0 saturated heterocycles. The van der Waals surface area contributed by atoms with E-state index in [1.807, 2.05) is 50.2 Å². The number of hydrogen-bond acceptors (Lipinski definition) is 3. The summed E-state index contributed by atoms with van der Waals surface area (Å²) in [6.07, 6.45) is 4.75. The number of hydrogen-bond donors (Lipinski definition) is 2. The quantitative estimate of drug-likeness (QED) is 0.568. The van der Waals surface area contributed by atoms with E-state index in [2.05, 4.69) is 23.6 Å². The van der Waals surface area contributed by atoms with Gasteiger partial charge in [-0.3, -0.25) is 4.79 Å². The van der Waals surface area contributed by atoms with Crippen molar-refractivity contribution in [2.75, 3.05) is 23.8 Å². The van der Waals surface area contributed by atoms with Crippen molar-refractivity contribution in [3.8, 4) is 5.75 Å². The van der Waals surface area contributed by atoms with Crippen LogP contribution < -0.4 is 15.4 Å². The summed E-state index contributed by atoms with van der Waals surface area (Å²) in [6.45, 7) is 7.19. The summed E-state index contributed by atoms with van der Waals surface area (Å²) in [6, 6.07) is 13.8. The van der Waals surface area contributed by atoms with Gasteiger partial charge in [-0.05, 0) is 44.0 Å². The minimum Gasteiger partial charge on any atom is -0.494 e. The van der Waals surface area contributed by atoms with Crippen LogP contribution in [-0.4, -0.2) is 19.1 Å². The molecule has 140 valence electrons. The number of unbranched alkanes of at least 4 members (excludes halogenated alkanes) is 3. The molecule has 0 aliphatic carbocycles. The average molecular weight is 354 g/mol. The van der Waals surface area contributed by atoms with Gasteiger partial charge in [0.15, 0.2) is 0 Å². The summed E-state index contributed by atoms with van der Waals surface area (Å²) >= 11 is 0. The second-order valence-corrected chi connectivity index (χ2v) is 6.66. The van der Waals surface area contributed by atoms with Crippen LogP contribution >= 0.6 is 0 Å². The van der Waals surface area contributed by atoms with E-state index >= 15 is 0 Å². The maximum absolute atomic E-state index is 12.2. The zero-order valence-electron chi connectivity index (χ0n) is 16.1. The van der Waals surface area contributed by atoms with Gasteiger partial charge in [-0.1, -0.05) is 49.9 Å². The maximum atomic E-state index is 12.2. The lowest BCUT2D eigenvalue weighted by Gasteiger charge is -2.12. The minimum atomic E-state index is -0.0668. The van der Waals surface area contributed by atoms with Crippen molar-refractivity contribution in [1.82, 2.24) is 0 Å². The van der Waals surface area contributed by atoms with Gasteiger partial charge < -0.3 is 15.4 Å². The third-order valence-electron chi connectivity index (χ3n) is 4.21. The Bertz CT molecular complexity index is 713. The summed E-state index contributed by atoms with van der Waals surface area (Å²) in [5, 5.41) is 6.10. The van der Waals surface area contributed by atoms with Gasteiger partial charge in [0.2, 0.25) is 5.91 Å². The predicted molar refractivity (Wildman–Crippen MR) is 109 cm³/mol. The largest absolute Gasteiger partial charge is 0.494 e. The number of benzene rings is 2. The van der Waals surface area contributed by atoms with E-state index in [-0.39, 0.29) is 12.5 Å². The van der Waals surface area contributed by atoms with E-state index in [9.17, 15) is 4.79 Å². The first kappa shape index (κ1) is 19.8. The number of ether oxygens (including phenoxy) is 1. The molecule has 0 aliphatic rings. The standard InChI is InChI=1S/C22H30N2O2/c1-4-5-6-7-13-26-20-10-8-9-19(15-20)23-16-22(25)24-21-12-11-17(2)14-18(21)3/h8-12,14-15,23H,4-7,13,16H2,1-3H3,(H,24,25). The molecular formula is C22H30N2O2. The van der Waals surface area contributed by atoms with E-state index < -0.39 is 0 Å². The van der Waals surface area contributed by atoms with Gasteiger partial charge in [0.25, 0.3) is 0 Å². The van der Waals surface area contributed by atoms with E-state index in [0.29, 0.717) is 0 Å². The second kappa shape index (κ2) is 10.5. The molecule has 2 N–H and O–H groups in total. The van der Waals surface area contributed by atoms with E-state index in [1.54, 1.807) is 0 Å². The normalized spacial score (nSPS) is 10.4. The van der Waals surface area contributed by atoms with E-state index in [0.717, 1.165) is 35.7 Å². The van der Waals surface area contributed by atoms with Gasteiger partial charge in [-0.15, -0.1) is 0 Å². The molecule has 26 heavy (non-hydrogen) atoms. The van der Waals surface area contributed by atoms with Crippen LogP contribution in [0.5, 0.6) is 5.75 Å². The van der Waals surface area contributed by atoms with Gasteiger partial charge in [0.05, 0.1) is 13.2 Å². The molecule has 0 atom stereocenters. The molecule has 0 radical (unpaired) electrons. The molecule has 0 fully saturated rings. The SMILES string of the molecule is CCCCCCOc1cccc(NCC(=O)Nc2ccc(C)cc2C)c1. The average Bonchev–Trinajstić information content (AvgIpc) is 2.63. The molecule has 0 spiro atoms. The Kier molecular flexibility index (Phi) is 8.00. The first-order chi connectivity index (χ1) is 12.6. The van der Waals surface area contributed by atoms with Crippen LogP contribution in [0.15, 0.2) is 42.5 Å². The highest BCUT2D eigenvalue weighted by Crippen LogP contribution is 2.18. The fraction of sp³-hybridized carbons (Fsp3) is 0.409. The van der Waals surface area contributed by atoms with Crippen molar-refractivity contribution in [1.29, 1.82) is 0 Å². The lowest BCUT2D eigenvalue weighted by Crippen LogP contribution is -2.22. The molecule has 2 aromatic carbocycles. The van der Waals surface area contributed by atoms with Gasteiger partial charge in [0.1, 0.15) is 5.75 Å². The van der Waals surface area contributed by atoms with Crippen LogP contribution in [0.1, 0.15) is 43.7 Å². The van der Waals surface area contributed by atoms with Crippen LogP contribution in [0.25, 0.3) is 0 Å². The van der Waals surface area contributed by atoms with Gasteiger partial charge >= 0.3 is 0 Å². The first-order valence-electron chi connectivity index (χ1n) is 9.42. The van der Waals surface area contributed by atoms with Crippen molar-refractivity contribution < 1.29 is 9.53 Å². The van der Waals surface area contributed by atoms with Crippen LogP contribution in [0, 0.1) is 13.8 Å². The molecule has 0 aliphatic heterocycles. The van der Waals surface area contributed by atoms with E-state index in [1.165, 1.54) is 24.8 Å². The lowest BCUT2D eigenvalue weighted by molar-refractivity contribution is -0.114. The molecule has 2 aromatic rings. The highest BCUT2D eigenvalue weighted by Gasteiger charge is 2.05. The molecule has 1 amide bonds. The van der Waals surface area contributed by atoms with Crippen molar-refractivity contribution >= 4 is 17.3 Å². The van der Waals surface area contributed by atoms with Gasteiger partial charge in [0, 0.05) is 17.4 Å². The maximum Gasteiger partial charge on any atom is 0.243 e. The van der Waals surface area contributed by atoms with Crippen molar-refractivity contribution in [2.24, 2.45) is 0 Å². The fourth-order valence-corrected chi connectivity index (χ4v) is 2.75. The Morgan fingerprint density at radius 2 is 1.88 bits per heavy atom. The van der Waals surface area contributed by atoms with Crippen LogP contribution in [0.4, 0.5) is 11.4 Å². The number of amides is 1. The minimum absolute atomic E-state index is 0.0668. The number of aryl methyl sites for hydroxylation is 2. The Morgan fingerprint density at radius 3 is 2.65 bits per heavy atom. The Labute approximate surface area is 157 Å². The third-order valence-corrected chi connectivity index (χ3v) is 4.21. The zero-order chi connectivity index (χ0) is 18.8. The molecule has 4 heteroatoms. The highest BCUT2D eigenvalue weighted by molar-refractivity contribution is 5.94. The number of carbonyl (C=O) groups is 1. The Hall–Kier alpha value is -2.49. The summed E-state index contributed by atoms with van der Waals surface area (Å²) in [7, 11) is 0. The van der Waals surface area contributed by atoms with Crippen LogP contribution in [0.3, 0.4) is 0 Å². The number of anilines is 2. The molecule has 2 rings (SSSR count). The molecule has 0 saturated carbocycles. The topological polar surface area (TPSA) is 50.4 Å². The molecule has 0 heterocycles. The fourth-order valence-electron chi connectivity index (χ4n) is 2.75.